The molecule has 7 nitrogen and oxygen atoms in total. The maximum Gasteiger partial charge on any atom is 0.283 e. The lowest BCUT2D eigenvalue weighted by Gasteiger charge is -2.02. The Hall–Kier alpha value is -2.91. The monoisotopic (exact) mass is 375 g/mol. The molecule has 0 fully saturated rings. The number of aliphatic hydroxyl groups is 1. The minimum absolute atomic E-state index is 0.151. The van der Waals surface area contributed by atoms with Gasteiger partial charge >= 0.3 is 0 Å². The fourth-order valence-corrected chi connectivity index (χ4v) is 4.66. The third-order valence-electron chi connectivity index (χ3n) is 3.28. The molecule has 0 atom stereocenters. The lowest BCUT2D eigenvalue weighted by molar-refractivity contribution is -0.116. The predicted molar refractivity (Wildman–Crippen MR) is 94.4 cm³/mol. The van der Waals surface area contributed by atoms with Crippen molar-refractivity contribution >= 4 is 33.3 Å². The van der Waals surface area contributed by atoms with E-state index in [4.69, 9.17) is 5.73 Å². The molecule has 1 amide bonds. The van der Waals surface area contributed by atoms with Crippen LogP contribution in [-0.4, -0.2) is 28.4 Å². The van der Waals surface area contributed by atoms with Gasteiger partial charge in [0, 0.05) is 18.6 Å². The Labute approximate surface area is 147 Å². The van der Waals surface area contributed by atoms with E-state index < -0.39 is 21.7 Å². The van der Waals surface area contributed by atoms with E-state index in [1.165, 1.54) is 24.5 Å². The second kappa shape index (κ2) is 6.54. The molecule has 0 aromatic carbocycles. The van der Waals surface area contributed by atoms with E-state index in [0.717, 1.165) is 26.3 Å². The molecule has 0 saturated heterocycles. The Morgan fingerprint density at radius 3 is 2.72 bits per heavy atom. The lowest BCUT2D eigenvalue weighted by Crippen LogP contribution is -2.13. The van der Waals surface area contributed by atoms with Crippen LogP contribution in [0.5, 0.6) is 0 Å². The standard InChI is InChI=1S/C16H13N3O4S2/c17-16(21)13(20)9-11-6-8-19(10-11)25(22,23)15-5-4-14(24-15)12-3-1-2-7-18-12/h1-10,20H,(H2,17,21)/b13-9-. The third kappa shape index (κ3) is 3.47. The number of aromatic nitrogens is 2. The number of rotatable bonds is 5. The van der Waals surface area contributed by atoms with E-state index in [2.05, 4.69) is 4.98 Å². The number of carbonyl (C=O) groups is 1. The molecule has 0 saturated carbocycles. The molecule has 3 aromatic heterocycles. The highest BCUT2D eigenvalue weighted by molar-refractivity contribution is 7.92. The molecule has 0 radical (unpaired) electrons. The fourth-order valence-electron chi connectivity index (χ4n) is 2.07. The average Bonchev–Trinajstić information content (AvgIpc) is 3.25. The number of hydrogen-bond donors (Lipinski definition) is 2. The first-order valence-corrected chi connectivity index (χ1v) is 9.29. The van der Waals surface area contributed by atoms with Gasteiger partial charge in [0.05, 0.1) is 10.6 Å². The van der Waals surface area contributed by atoms with Crippen molar-refractivity contribution in [3.05, 3.63) is 66.3 Å². The SMILES string of the molecule is NC(=O)/C(O)=C/c1ccn(S(=O)(=O)c2ccc(-c3ccccn3)s2)c1. The lowest BCUT2D eigenvalue weighted by atomic mass is 10.3. The maximum absolute atomic E-state index is 12.7. The van der Waals surface area contributed by atoms with Gasteiger partial charge in [-0.1, -0.05) is 6.07 Å². The number of aliphatic hydroxyl groups excluding tert-OH is 1. The van der Waals surface area contributed by atoms with Gasteiger partial charge in [-0.2, -0.15) is 8.42 Å². The molecule has 0 aliphatic rings. The number of carbonyl (C=O) groups excluding carboxylic acids is 1. The summed E-state index contributed by atoms with van der Waals surface area (Å²) in [6, 6.07) is 10.1. The van der Waals surface area contributed by atoms with Crippen LogP contribution in [0, 0.1) is 0 Å². The Morgan fingerprint density at radius 1 is 1.24 bits per heavy atom. The van der Waals surface area contributed by atoms with E-state index in [1.807, 2.05) is 6.07 Å². The molecule has 3 aromatic rings. The highest BCUT2D eigenvalue weighted by Gasteiger charge is 2.20. The number of thiophene rings is 1. The molecule has 3 heterocycles. The summed E-state index contributed by atoms with van der Waals surface area (Å²) in [4.78, 5) is 15.8. The first kappa shape index (κ1) is 16.9. The van der Waals surface area contributed by atoms with Crippen LogP contribution in [0.3, 0.4) is 0 Å². The van der Waals surface area contributed by atoms with Gasteiger partial charge in [0.2, 0.25) is 0 Å². The van der Waals surface area contributed by atoms with Gasteiger partial charge in [-0.05, 0) is 42.0 Å². The quantitative estimate of drug-likeness (QED) is 0.524. The molecule has 0 unspecified atom stereocenters. The number of pyridine rings is 1. The summed E-state index contributed by atoms with van der Waals surface area (Å²) in [5.41, 5.74) is 5.96. The van der Waals surface area contributed by atoms with Crippen LogP contribution in [0.1, 0.15) is 5.56 Å². The fraction of sp³-hybridized carbons (Fsp3) is 0. The van der Waals surface area contributed by atoms with Crippen LogP contribution in [0.2, 0.25) is 0 Å². The highest BCUT2D eigenvalue weighted by atomic mass is 32.2. The van der Waals surface area contributed by atoms with Crippen molar-refractivity contribution in [1.29, 1.82) is 0 Å². The van der Waals surface area contributed by atoms with Gasteiger partial charge in [0.1, 0.15) is 4.21 Å². The van der Waals surface area contributed by atoms with Crippen LogP contribution in [0.4, 0.5) is 0 Å². The molecule has 0 aliphatic carbocycles. The van der Waals surface area contributed by atoms with E-state index >= 15 is 0 Å². The molecule has 0 aliphatic heterocycles. The van der Waals surface area contributed by atoms with Crippen LogP contribution in [0.25, 0.3) is 16.6 Å². The van der Waals surface area contributed by atoms with Gasteiger partial charge < -0.3 is 10.8 Å². The van der Waals surface area contributed by atoms with Gasteiger partial charge in [0.25, 0.3) is 15.9 Å². The smallest absolute Gasteiger partial charge is 0.283 e. The number of nitrogens with zero attached hydrogens (tertiary/aromatic N) is 2. The van der Waals surface area contributed by atoms with Crippen molar-refractivity contribution in [2.45, 2.75) is 4.21 Å². The molecule has 25 heavy (non-hydrogen) atoms. The average molecular weight is 375 g/mol. The third-order valence-corrected chi connectivity index (χ3v) is 6.49. The second-order valence-electron chi connectivity index (χ2n) is 5.01. The molecule has 0 spiro atoms. The zero-order chi connectivity index (χ0) is 18.0. The second-order valence-corrected chi connectivity index (χ2v) is 8.16. The van der Waals surface area contributed by atoms with Crippen molar-refractivity contribution in [3.8, 4) is 10.6 Å². The van der Waals surface area contributed by atoms with Gasteiger partial charge in [0.15, 0.2) is 5.76 Å². The number of primary amides is 1. The molecule has 3 rings (SSSR count). The summed E-state index contributed by atoms with van der Waals surface area (Å²) < 4.78 is 26.5. The van der Waals surface area contributed by atoms with Gasteiger partial charge in [-0.25, -0.2) is 3.97 Å². The Morgan fingerprint density at radius 2 is 2.04 bits per heavy atom. The summed E-state index contributed by atoms with van der Waals surface area (Å²) in [7, 11) is -3.78. The zero-order valence-corrected chi connectivity index (χ0v) is 14.4. The molecule has 128 valence electrons. The predicted octanol–water partition coefficient (Wildman–Crippen LogP) is 2.23. The summed E-state index contributed by atoms with van der Waals surface area (Å²) in [5.74, 6) is -1.64. The minimum Gasteiger partial charge on any atom is -0.503 e. The van der Waals surface area contributed by atoms with Gasteiger partial charge in [-0.3, -0.25) is 9.78 Å². The van der Waals surface area contributed by atoms with E-state index in [-0.39, 0.29) is 4.21 Å². The summed E-state index contributed by atoms with van der Waals surface area (Å²) in [6.07, 6.45) is 5.35. The Kier molecular flexibility index (Phi) is 4.43. The molecule has 3 N–H and O–H groups in total. The Bertz CT molecular complexity index is 1050. The van der Waals surface area contributed by atoms with Crippen molar-refractivity contribution in [3.63, 3.8) is 0 Å². The first-order valence-electron chi connectivity index (χ1n) is 7.03. The zero-order valence-electron chi connectivity index (χ0n) is 12.7. The first-order chi connectivity index (χ1) is 11.9. The van der Waals surface area contributed by atoms with Crippen LogP contribution >= 0.6 is 11.3 Å². The van der Waals surface area contributed by atoms with E-state index in [0.29, 0.717) is 11.3 Å². The normalized spacial score (nSPS) is 12.2. The van der Waals surface area contributed by atoms with E-state index in [9.17, 15) is 18.3 Å². The summed E-state index contributed by atoms with van der Waals surface area (Å²) in [6.45, 7) is 0. The largest absolute Gasteiger partial charge is 0.503 e. The van der Waals surface area contributed by atoms with Crippen molar-refractivity contribution in [2.75, 3.05) is 0 Å². The highest BCUT2D eigenvalue weighted by Crippen LogP contribution is 2.30. The number of amides is 1. The maximum atomic E-state index is 12.7. The number of hydrogen-bond acceptors (Lipinski definition) is 6. The van der Waals surface area contributed by atoms with Crippen LogP contribution < -0.4 is 5.73 Å². The van der Waals surface area contributed by atoms with Crippen LogP contribution in [-0.2, 0) is 14.8 Å². The van der Waals surface area contributed by atoms with E-state index in [1.54, 1.807) is 24.4 Å². The Balaban J connectivity index is 1.93. The van der Waals surface area contributed by atoms with Crippen molar-refractivity contribution in [2.24, 2.45) is 5.73 Å². The molecular weight excluding hydrogens is 362 g/mol. The molecule has 9 heteroatoms. The molecular formula is C16H13N3O4S2. The van der Waals surface area contributed by atoms with Crippen molar-refractivity contribution in [1.82, 2.24) is 8.96 Å². The summed E-state index contributed by atoms with van der Waals surface area (Å²) in [5, 5.41) is 9.36. The summed E-state index contributed by atoms with van der Waals surface area (Å²) >= 11 is 1.11. The van der Waals surface area contributed by atoms with Gasteiger partial charge in [-0.15, -0.1) is 11.3 Å². The minimum atomic E-state index is -3.78. The number of nitrogens with two attached hydrogens (primary N) is 1. The van der Waals surface area contributed by atoms with Crippen molar-refractivity contribution < 1.29 is 18.3 Å². The topological polar surface area (TPSA) is 115 Å². The van der Waals surface area contributed by atoms with Crippen LogP contribution in [0.15, 0.2) is 65.0 Å². The molecule has 0 bridgehead atoms.